The zero-order chi connectivity index (χ0) is 27.7. The van der Waals surface area contributed by atoms with Crippen LogP contribution in [0.25, 0.3) is 0 Å². The van der Waals surface area contributed by atoms with E-state index in [1.807, 2.05) is 34.9 Å². The van der Waals surface area contributed by atoms with Crippen LogP contribution in [0, 0.1) is 5.92 Å². The summed E-state index contributed by atoms with van der Waals surface area (Å²) in [5.41, 5.74) is 0.664. The smallest absolute Gasteiger partial charge is 0.281 e. The quantitative estimate of drug-likeness (QED) is 0.523. The molecule has 0 atom stereocenters. The summed E-state index contributed by atoms with van der Waals surface area (Å²) in [5, 5.41) is 3.01. The number of benzene rings is 1. The van der Waals surface area contributed by atoms with Crippen LogP contribution in [-0.4, -0.2) is 53.3 Å². The molecule has 2 aromatic rings. The summed E-state index contributed by atoms with van der Waals surface area (Å²) in [5.74, 6) is -0.0872. The van der Waals surface area contributed by atoms with Gasteiger partial charge in [0.1, 0.15) is 5.69 Å². The van der Waals surface area contributed by atoms with E-state index in [1.165, 1.54) is 6.07 Å². The number of anilines is 1. The summed E-state index contributed by atoms with van der Waals surface area (Å²) >= 11 is 5.90. The Hall–Kier alpha value is -3.07. The molecular weight excluding hydrogens is 526 g/mol. The van der Waals surface area contributed by atoms with Crippen molar-refractivity contribution >= 4 is 35.0 Å². The standard InChI is InChI=1S/C29H33ClF2N4O3/c1-2-24(37)35-13-11-29(12-14-35)22-5-3-4-6-23(22)36(28(29)39)17-18-7-9-20(10-8-18)34-27(38)21-15-19(30)16-33-25(21)26(31)32/h3-6,15-16,18,20,26H,2,7-14,17H2,1H3,(H,34,38)/t18-,20-. The zero-order valence-electron chi connectivity index (χ0n) is 22.0. The highest BCUT2D eigenvalue weighted by Crippen LogP contribution is 2.48. The first-order valence-corrected chi connectivity index (χ1v) is 14.0. The fourth-order valence-corrected chi connectivity index (χ4v) is 6.60. The van der Waals surface area contributed by atoms with Crippen molar-refractivity contribution in [3.8, 4) is 0 Å². The van der Waals surface area contributed by atoms with E-state index >= 15 is 0 Å². The van der Waals surface area contributed by atoms with Crippen molar-refractivity contribution in [1.29, 1.82) is 0 Å². The predicted molar refractivity (Wildman–Crippen MR) is 144 cm³/mol. The van der Waals surface area contributed by atoms with Crippen LogP contribution in [0.2, 0.25) is 5.02 Å². The van der Waals surface area contributed by atoms with Gasteiger partial charge in [0.05, 0.1) is 16.0 Å². The van der Waals surface area contributed by atoms with Crippen molar-refractivity contribution < 1.29 is 23.2 Å². The fraction of sp³-hybridized carbons (Fsp3) is 0.517. The molecule has 3 amide bonds. The van der Waals surface area contributed by atoms with Gasteiger partial charge in [-0.05, 0) is 62.1 Å². The third kappa shape index (κ3) is 5.25. The summed E-state index contributed by atoms with van der Waals surface area (Å²) in [6.45, 7) is 3.63. The van der Waals surface area contributed by atoms with Crippen LogP contribution in [0.3, 0.4) is 0 Å². The Balaban J connectivity index is 1.22. The lowest BCUT2D eigenvalue weighted by Crippen LogP contribution is -2.50. The van der Waals surface area contributed by atoms with E-state index < -0.39 is 23.4 Å². The average Bonchev–Trinajstić information content (AvgIpc) is 3.16. The van der Waals surface area contributed by atoms with E-state index in [0.29, 0.717) is 51.7 Å². The predicted octanol–water partition coefficient (Wildman–Crippen LogP) is 5.28. The Bertz CT molecular complexity index is 1260. The minimum atomic E-state index is -2.87. The summed E-state index contributed by atoms with van der Waals surface area (Å²) in [7, 11) is 0. The molecule has 3 aliphatic rings. The normalized spacial score (nSPS) is 22.3. The molecule has 0 unspecified atom stereocenters. The number of amides is 3. The fourth-order valence-electron chi connectivity index (χ4n) is 6.44. The molecule has 2 fully saturated rings. The zero-order valence-corrected chi connectivity index (χ0v) is 22.7. The van der Waals surface area contributed by atoms with Gasteiger partial charge in [-0.15, -0.1) is 0 Å². The molecular formula is C29H33ClF2N4O3. The number of piperidine rings is 1. The van der Waals surface area contributed by atoms with Gasteiger partial charge in [-0.3, -0.25) is 19.4 Å². The summed E-state index contributed by atoms with van der Waals surface area (Å²) in [6, 6.07) is 9.08. The average molecular weight is 559 g/mol. The highest BCUT2D eigenvalue weighted by Gasteiger charge is 2.52. The second-order valence-electron chi connectivity index (χ2n) is 10.8. The molecule has 1 spiro atoms. The number of nitrogens with zero attached hydrogens (tertiary/aromatic N) is 3. The van der Waals surface area contributed by atoms with E-state index in [9.17, 15) is 23.2 Å². The third-order valence-electron chi connectivity index (χ3n) is 8.60. The SMILES string of the molecule is CCC(=O)N1CCC2(CC1)C(=O)N(C[C@H]1CC[C@H](NC(=O)c3cc(Cl)cnc3C(F)F)CC1)c1ccccc12. The Morgan fingerprint density at radius 3 is 2.51 bits per heavy atom. The van der Waals surface area contributed by atoms with Gasteiger partial charge in [0.15, 0.2) is 0 Å². The molecule has 1 saturated heterocycles. The molecule has 0 bridgehead atoms. The number of nitrogens with one attached hydrogen (secondary N) is 1. The van der Waals surface area contributed by atoms with Crippen molar-refractivity contribution in [2.24, 2.45) is 5.92 Å². The van der Waals surface area contributed by atoms with Crippen molar-refractivity contribution in [2.45, 2.75) is 69.8 Å². The van der Waals surface area contributed by atoms with Crippen LogP contribution in [-0.2, 0) is 15.0 Å². The molecule has 1 aromatic carbocycles. The van der Waals surface area contributed by atoms with Crippen molar-refractivity contribution in [3.63, 3.8) is 0 Å². The summed E-state index contributed by atoms with van der Waals surface area (Å²) < 4.78 is 26.7. The number of carbonyl (C=O) groups excluding carboxylic acids is 3. The number of fused-ring (bicyclic) bond motifs is 2. The first-order valence-electron chi connectivity index (χ1n) is 13.7. The molecule has 3 heterocycles. The molecule has 208 valence electrons. The molecule has 5 rings (SSSR count). The number of rotatable bonds is 6. The minimum Gasteiger partial charge on any atom is -0.349 e. The minimum absolute atomic E-state index is 0.121. The van der Waals surface area contributed by atoms with E-state index in [1.54, 1.807) is 0 Å². The number of alkyl halides is 2. The molecule has 1 N–H and O–H groups in total. The monoisotopic (exact) mass is 558 g/mol. The van der Waals surface area contributed by atoms with E-state index in [4.69, 9.17) is 11.6 Å². The molecule has 2 aliphatic heterocycles. The molecule has 1 aromatic heterocycles. The molecule has 1 saturated carbocycles. The number of likely N-dealkylation sites (tertiary alicyclic amines) is 1. The molecule has 7 nitrogen and oxygen atoms in total. The van der Waals surface area contributed by atoms with Gasteiger partial charge in [-0.2, -0.15) is 0 Å². The maximum absolute atomic E-state index is 13.9. The second-order valence-corrected chi connectivity index (χ2v) is 11.3. The molecule has 1 aliphatic carbocycles. The van der Waals surface area contributed by atoms with Gasteiger partial charge in [0.25, 0.3) is 12.3 Å². The summed E-state index contributed by atoms with van der Waals surface area (Å²) in [4.78, 5) is 46.4. The number of para-hydroxylation sites is 1. The Labute approximate surface area is 231 Å². The lowest BCUT2D eigenvalue weighted by molar-refractivity contribution is -0.135. The number of halogens is 3. The Kier molecular flexibility index (Phi) is 7.89. The topological polar surface area (TPSA) is 82.6 Å². The summed E-state index contributed by atoms with van der Waals surface area (Å²) in [6.07, 6.45) is 2.95. The number of carbonyl (C=O) groups is 3. The van der Waals surface area contributed by atoms with Crippen molar-refractivity contribution in [1.82, 2.24) is 15.2 Å². The molecule has 39 heavy (non-hydrogen) atoms. The van der Waals surface area contributed by atoms with Gasteiger partial charge >= 0.3 is 0 Å². The van der Waals surface area contributed by atoms with Crippen LogP contribution < -0.4 is 10.2 Å². The van der Waals surface area contributed by atoms with Gasteiger partial charge in [-0.25, -0.2) is 8.78 Å². The van der Waals surface area contributed by atoms with Gasteiger partial charge < -0.3 is 15.1 Å². The number of hydrogen-bond donors (Lipinski definition) is 1. The molecule has 0 radical (unpaired) electrons. The van der Waals surface area contributed by atoms with Crippen LogP contribution in [0.15, 0.2) is 36.5 Å². The Morgan fingerprint density at radius 2 is 1.85 bits per heavy atom. The van der Waals surface area contributed by atoms with E-state index in [0.717, 1.165) is 30.3 Å². The second kappa shape index (κ2) is 11.2. The van der Waals surface area contributed by atoms with Crippen LogP contribution >= 0.6 is 11.6 Å². The number of hydrogen-bond acceptors (Lipinski definition) is 4. The van der Waals surface area contributed by atoms with Crippen molar-refractivity contribution in [2.75, 3.05) is 24.5 Å². The van der Waals surface area contributed by atoms with Crippen molar-refractivity contribution in [3.05, 3.63) is 58.4 Å². The largest absolute Gasteiger partial charge is 0.349 e. The first-order chi connectivity index (χ1) is 18.7. The molecule has 10 heteroatoms. The van der Waals surface area contributed by atoms with Gasteiger partial charge in [-0.1, -0.05) is 36.7 Å². The first kappa shape index (κ1) is 27.5. The van der Waals surface area contributed by atoms with Crippen LogP contribution in [0.1, 0.15) is 79.9 Å². The maximum atomic E-state index is 13.9. The van der Waals surface area contributed by atoms with Crippen LogP contribution in [0.5, 0.6) is 0 Å². The lowest BCUT2D eigenvalue weighted by Gasteiger charge is -2.39. The van der Waals surface area contributed by atoms with Crippen LogP contribution in [0.4, 0.5) is 14.5 Å². The van der Waals surface area contributed by atoms with E-state index in [-0.39, 0.29) is 34.4 Å². The number of pyridine rings is 1. The van der Waals surface area contributed by atoms with E-state index in [2.05, 4.69) is 16.4 Å². The highest BCUT2D eigenvalue weighted by atomic mass is 35.5. The Morgan fingerprint density at radius 1 is 1.15 bits per heavy atom. The highest BCUT2D eigenvalue weighted by molar-refractivity contribution is 6.30. The third-order valence-corrected chi connectivity index (χ3v) is 8.80. The van der Waals surface area contributed by atoms with Gasteiger partial charge in [0, 0.05) is 44.0 Å². The van der Waals surface area contributed by atoms with Gasteiger partial charge in [0.2, 0.25) is 11.8 Å². The lowest BCUT2D eigenvalue weighted by atomic mass is 9.73. The maximum Gasteiger partial charge on any atom is 0.281 e. The number of aromatic nitrogens is 1.